The molecule has 24 heavy (non-hydrogen) atoms. The average molecular weight is 337 g/mol. The van der Waals surface area contributed by atoms with Gasteiger partial charge in [-0.15, -0.1) is 0 Å². The van der Waals surface area contributed by atoms with Gasteiger partial charge in [-0.1, -0.05) is 11.2 Å². The van der Waals surface area contributed by atoms with Gasteiger partial charge in [0.1, 0.15) is 13.2 Å². The molecule has 1 aromatic carbocycles. The van der Waals surface area contributed by atoms with Crippen molar-refractivity contribution in [1.82, 2.24) is 20.2 Å². The highest BCUT2D eigenvalue weighted by molar-refractivity contribution is 5.43. The molecule has 0 amide bonds. The van der Waals surface area contributed by atoms with Crippen molar-refractivity contribution in [1.29, 1.82) is 0 Å². The predicted octanol–water partition coefficient (Wildman–Crippen LogP) is 1.53. The van der Waals surface area contributed by atoms with Crippen molar-refractivity contribution in [2.75, 3.05) is 31.2 Å². The van der Waals surface area contributed by atoms with E-state index < -0.39 is 5.92 Å². The van der Waals surface area contributed by atoms with E-state index in [4.69, 9.17) is 9.47 Å². The molecule has 0 spiro atoms. The van der Waals surface area contributed by atoms with E-state index in [2.05, 4.69) is 15.5 Å². The summed E-state index contributed by atoms with van der Waals surface area (Å²) < 4.78 is 39.4. The summed E-state index contributed by atoms with van der Waals surface area (Å²) in [4.78, 5) is 1.53. The number of aryl methyl sites for hydroxylation is 2. The maximum atomic E-state index is 13.4. The molecular weight excluding hydrogens is 320 g/mol. The highest BCUT2D eigenvalue weighted by atomic mass is 19.3. The maximum Gasteiger partial charge on any atom is 0.267 e. The van der Waals surface area contributed by atoms with E-state index in [-0.39, 0.29) is 19.5 Å². The van der Waals surface area contributed by atoms with Gasteiger partial charge in [0.05, 0.1) is 13.1 Å². The van der Waals surface area contributed by atoms with Crippen LogP contribution in [0, 0.1) is 0 Å². The Hall–Kier alpha value is -2.45. The van der Waals surface area contributed by atoms with Crippen molar-refractivity contribution in [3.05, 3.63) is 23.8 Å². The van der Waals surface area contributed by atoms with E-state index in [0.717, 1.165) is 17.1 Å². The molecule has 4 rings (SSSR count). The van der Waals surface area contributed by atoms with Gasteiger partial charge in [0.25, 0.3) is 5.92 Å². The lowest BCUT2D eigenvalue weighted by molar-refractivity contribution is 0.0256. The Balaban J connectivity index is 1.44. The number of halogens is 2. The third-order valence-electron chi connectivity index (χ3n) is 4.18. The molecule has 1 aromatic heterocycles. The smallest absolute Gasteiger partial charge is 0.267 e. The van der Waals surface area contributed by atoms with Crippen molar-refractivity contribution in [2.45, 2.75) is 25.3 Å². The Morgan fingerprint density at radius 3 is 2.79 bits per heavy atom. The molecule has 1 saturated heterocycles. The summed E-state index contributed by atoms with van der Waals surface area (Å²) in [5, 5.41) is 11.4. The van der Waals surface area contributed by atoms with Crippen LogP contribution in [-0.4, -0.2) is 52.4 Å². The fourth-order valence-corrected chi connectivity index (χ4v) is 2.96. The first kappa shape index (κ1) is 15.1. The van der Waals surface area contributed by atoms with Crippen LogP contribution >= 0.6 is 0 Å². The zero-order chi connectivity index (χ0) is 16.6. The number of nitrogens with zero attached hydrogens (tertiary/aromatic N) is 5. The number of rotatable bonds is 4. The normalized spacial score (nSPS) is 18.8. The summed E-state index contributed by atoms with van der Waals surface area (Å²) in [5.74, 6) is -0.806. The Morgan fingerprint density at radius 1 is 1.17 bits per heavy atom. The van der Waals surface area contributed by atoms with Crippen molar-refractivity contribution in [2.24, 2.45) is 0 Å². The van der Waals surface area contributed by atoms with Crippen LogP contribution in [0.4, 0.5) is 14.7 Å². The predicted molar refractivity (Wildman–Crippen MR) is 80.7 cm³/mol. The number of ether oxygens (including phenoxy) is 2. The van der Waals surface area contributed by atoms with Gasteiger partial charge in [-0.25, -0.2) is 13.5 Å². The summed E-state index contributed by atoms with van der Waals surface area (Å²) >= 11 is 0. The zero-order valence-corrected chi connectivity index (χ0v) is 13.0. The molecule has 0 saturated carbocycles. The lowest BCUT2D eigenvalue weighted by Gasteiger charge is -2.19. The fraction of sp³-hybridized carbons (Fsp3) is 0.533. The van der Waals surface area contributed by atoms with Crippen LogP contribution in [0.5, 0.6) is 11.5 Å². The average Bonchev–Trinajstić information content (AvgIpc) is 3.18. The highest BCUT2D eigenvalue weighted by Gasteiger charge is 2.40. The molecule has 0 radical (unpaired) electrons. The van der Waals surface area contributed by atoms with Gasteiger partial charge >= 0.3 is 0 Å². The standard InChI is InChI=1S/C15H17F2N5O2/c16-15(17)4-6-21(10-15)14-18-19-20-22(14)5-3-11-1-2-12-13(9-11)24-8-7-23-12/h1-2,9H,3-8,10H2. The number of fused-ring (bicyclic) bond motifs is 1. The minimum Gasteiger partial charge on any atom is -0.486 e. The largest absolute Gasteiger partial charge is 0.486 e. The van der Waals surface area contributed by atoms with Crippen LogP contribution in [0.25, 0.3) is 0 Å². The minimum absolute atomic E-state index is 0.165. The van der Waals surface area contributed by atoms with Gasteiger partial charge in [0, 0.05) is 13.0 Å². The van der Waals surface area contributed by atoms with Crippen LogP contribution in [0.1, 0.15) is 12.0 Å². The monoisotopic (exact) mass is 337 g/mol. The quantitative estimate of drug-likeness (QED) is 0.843. The Bertz CT molecular complexity index is 736. The molecule has 0 atom stereocenters. The molecule has 0 N–H and O–H groups in total. The van der Waals surface area contributed by atoms with Crippen LogP contribution < -0.4 is 14.4 Å². The van der Waals surface area contributed by atoms with E-state index in [1.54, 1.807) is 4.68 Å². The summed E-state index contributed by atoms with van der Waals surface area (Å²) in [5.41, 5.74) is 1.05. The van der Waals surface area contributed by atoms with Gasteiger partial charge in [-0.05, 0) is 34.5 Å². The van der Waals surface area contributed by atoms with Gasteiger partial charge in [0.2, 0.25) is 5.95 Å². The SMILES string of the molecule is FC1(F)CCN(c2nnnn2CCc2ccc3c(c2)OCCO3)C1. The van der Waals surface area contributed by atoms with Crippen molar-refractivity contribution < 1.29 is 18.3 Å². The highest BCUT2D eigenvalue weighted by Crippen LogP contribution is 2.31. The second-order valence-electron chi connectivity index (χ2n) is 5.96. The summed E-state index contributed by atoms with van der Waals surface area (Å²) in [7, 11) is 0. The van der Waals surface area contributed by atoms with Crippen LogP contribution in [0.2, 0.25) is 0 Å². The molecule has 2 aliphatic heterocycles. The summed E-state index contributed by atoms with van der Waals surface area (Å²) in [6.45, 7) is 1.52. The molecule has 0 aliphatic carbocycles. The summed E-state index contributed by atoms with van der Waals surface area (Å²) in [6.07, 6.45) is 0.501. The fourth-order valence-electron chi connectivity index (χ4n) is 2.96. The zero-order valence-electron chi connectivity index (χ0n) is 13.0. The lowest BCUT2D eigenvalue weighted by Crippen LogP contribution is -2.28. The number of alkyl halides is 2. The van der Waals surface area contributed by atoms with Gasteiger partial charge < -0.3 is 14.4 Å². The number of tetrazole rings is 1. The first-order chi connectivity index (χ1) is 11.6. The van der Waals surface area contributed by atoms with E-state index >= 15 is 0 Å². The van der Waals surface area contributed by atoms with E-state index in [1.165, 1.54) is 4.90 Å². The van der Waals surface area contributed by atoms with Gasteiger partial charge in [-0.3, -0.25) is 0 Å². The molecule has 0 unspecified atom stereocenters. The van der Waals surface area contributed by atoms with Crippen LogP contribution in [-0.2, 0) is 13.0 Å². The molecule has 1 fully saturated rings. The third-order valence-corrected chi connectivity index (χ3v) is 4.18. The second-order valence-corrected chi connectivity index (χ2v) is 5.96. The van der Waals surface area contributed by atoms with Gasteiger partial charge in [-0.2, -0.15) is 0 Å². The van der Waals surface area contributed by atoms with E-state index in [0.29, 0.717) is 32.1 Å². The molecule has 2 aromatic rings. The van der Waals surface area contributed by atoms with Crippen LogP contribution in [0.15, 0.2) is 18.2 Å². The lowest BCUT2D eigenvalue weighted by atomic mass is 10.1. The maximum absolute atomic E-state index is 13.4. The number of anilines is 1. The topological polar surface area (TPSA) is 65.3 Å². The van der Waals surface area contributed by atoms with Crippen LogP contribution in [0.3, 0.4) is 0 Å². The van der Waals surface area contributed by atoms with Crippen molar-refractivity contribution >= 4 is 5.95 Å². The van der Waals surface area contributed by atoms with E-state index in [9.17, 15) is 8.78 Å². The second kappa shape index (κ2) is 5.88. The summed E-state index contributed by atoms with van der Waals surface area (Å²) in [6, 6.07) is 5.77. The van der Waals surface area contributed by atoms with Crippen molar-refractivity contribution in [3.63, 3.8) is 0 Å². The minimum atomic E-state index is -2.67. The first-order valence-corrected chi connectivity index (χ1v) is 7.88. The van der Waals surface area contributed by atoms with E-state index in [1.807, 2.05) is 18.2 Å². The number of hydrogen-bond donors (Lipinski definition) is 0. The Morgan fingerprint density at radius 2 is 2.00 bits per heavy atom. The molecular formula is C15H17F2N5O2. The first-order valence-electron chi connectivity index (χ1n) is 7.88. The van der Waals surface area contributed by atoms with Crippen molar-refractivity contribution in [3.8, 4) is 11.5 Å². The number of benzene rings is 1. The van der Waals surface area contributed by atoms with Gasteiger partial charge in [0.15, 0.2) is 11.5 Å². The third kappa shape index (κ3) is 2.98. The molecule has 9 heteroatoms. The number of hydrogen-bond acceptors (Lipinski definition) is 6. The Labute approximate surface area is 137 Å². The molecule has 0 bridgehead atoms. The molecule has 3 heterocycles. The molecule has 128 valence electrons. The molecule has 7 nitrogen and oxygen atoms in total. The molecule has 2 aliphatic rings. The number of aromatic nitrogens is 4. The Kier molecular flexibility index (Phi) is 3.70.